The minimum atomic E-state index is -0.369. The van der Waals surface area contributed by atoms with E-state index in [1.165, 1.54) is 0 Å². The number of amides is 1. The Kier molecular flexibility index (Phi) is 5.21. The molecule has 3 aromatic rings. The number of para-hydroxylation sites is 1. The number of aryl methyl sites for hydroxylation is 1. The molecule has 0 aliphatic rings. The molecule has 2 aromatic heterocycles. The standard InChI is InChI=1S/C20H24N4O2/c1-4-18(20(26)22-11-15-10-21-13-23(15)5-2)24-12-17(14(3)25)16-8-6-7-9-19(16)24/h6-10,12-13,18H,4-5,11H2,1-3H3,(H,22,26)/t18-/m1/s1. The molecule has 0 bridgehead atoms. The van der Waals surface area contributed by atoms with Gasteiger partial charge in [0.1, 0.15) is 6.04 Å². The Morgan fingerprint density at radius 2 is 2.00 bits per heavy atom. The lowest BCUT2D eigenvalue weighted by Gasteiger charge is -2.18. The SMILES string of the molecule is CC[C@H](C(=O)NCc1cncn1CC)n1cc(C(C)=O)c2ccccc21. The second kappa shape index (κ2) is 7.56. The molecule has 1 N–H and O–H groups in total. The summed E-state index contributed by atoms with van der Waals surface area (Å²) in [6.45, 7) is 6.81. The summed E-state index contributed by atoms with van der Waals surface area (Å²) >= 11 is 0. The number of ketones is 1. The van der Waals surface area contributed by atoms with Crippen LogP contribution in [0.1, 0.15) is 49.3 Å². The van der Waals surface area contributed by atoms with Crippen LogP contribution in [0.3, 0.4) is 0 Å². The Hall–Kier alpha value is -2.89. The number of hydrogen-bond acceptors (Lipinski definition) is 3. The van der Waals surface area contributed by atoms with E-state index in [0.717, 1.165) is 23.1 Å². The maximum absolute atomic E-state index is 12.8. The van der Waals surface area contributed by atoms with Crippen LogP contribution >= 0.6 is 0 Å². The summed E-state index contributed by atoms with van der Waals surface area (Å²) in [5, 5.41) is 3.89. The number of carbonyl (C=O) groups is 2. The van der Waals surface area contributed by atoms with Crippen LogP contribution in [0.15, 0.2) is 43.0 Å². The lowest BCUT2D eigenvalue weighted by molar-refractivity contribution is -0.124. The van der Waals surface area contributed by atoms with E-state index in [-0.39, 0.29) is 17.7 Å². The van der Waals surface area contributed by atoms with Crippen molar-refractivity contribution in [1.82, 2.24) is 19.4 Å². The summed E-state index contributed by atoms with van der Waals surface area (Å²) in [6.07, 6.45) is 5.97. The average molecular weight is 352 g/mol. The van der Waals surface area contributed by atoms with Crippen molar-refractivity contribution in [3.05, 3.63) is 54.2 Å². The van der Waals surface area contributed by atoms with E-state index >= 15 is 0 Å². The van der Waals surface area contributed by atoms with Crippen LogP contribution < -0.4 is 5.32 Å². The largest absolute Gasteiger partial charge is 0.349 e. The van der Waals surface area contributed by atoms with Gasteiger partial charge >= 0.3 is 0 Å². The first-order valence-electron chi connectivity index (χ1n) is 8.94. The topological polar surface area (TPSA) is 68.9 Å². The molecular weight excluding hydrogens is 328 g/mol. The zero-order chi connectivity index (χ0) is 18.7. The molecule has 136 valence electrons. The highest BCUT2D eigenvalue weighted by Crippen LogP contribution is 2.26. The molecule has 2 heterocycles. The van der Waals surface area contributed by atoms with Gasteiger partial charge in [-0.25, -0.2) is 4.98 Å². The van der Waals surface area contributed by atoms with E-state index in [9.17, 15) is 9.59 Å². The number of nitrogens with zero attached hydrogens (tertiary/aromatic N) is 3. The van der Waals surface area contributed by atoms with Gasteiger partial charge in [0.15, 0.2) is 5.78 Å². The van der Waals surface area contributed by atoms with Crippen molar-refractivity contribution in [2.45, 2.75) is 46.3 Å². The fourth-order valence-electron chi connectivity index (χ4n) is 3.33. The van der Waals surface area contributed by atoms with E-state index in [1.807, 2.05) is 47.2 Å². The van der Waals surface area contributed by atoms with E-state index in [1.54, 1.807) is 25.6 Å². The third kappa shape index (κ3) is 3.27. The molecule has 0 aliphatic carbocycles. The molecule has 0 radical (unpaired) electrons. The molecule has 6 nitrogen and oxygen atoms in total. The molecule has 1 atom stereocenters. The van der Waals surface area contributed by atoms with Gasteiger partial charge in [0.25, 0.3) is 0 Å². The second-order valence-corrected chi connectivity index (χ2v) is 6.34. The number of aromatic nitrogens is 3. The summed E-state index contributed by atoms with van der Waals surface area (Å²) in [6, 6.07) is 7.34. The van der Waals surface area contributed by atoms with Crippen molar-refractivity contribution in [2.75, 3.05) is 0 Å². The minimum absolute atomic E-state index is 0.00191. The lowest BCUT2D eigenvalue weighted by atomic mass is 10.1. The molecule has 0 saturated heterocycles. The number of rotatable bonds is 7. The van der Waals surface area contributed by atoms with Crippen LogP contribution in [0.5, 0.6) is 0 Å². The van der Waals surface area contributed by atoms with Crippen LogP contribution in [0.2, 0.25) is 0 Å². The molecule has 0 unspecified atom stereocenters. The van der Waals surface area contributed by atoms with Gasteiger partial charge < -0.3 is 14.5 Å². The predicted octanol–water partition coefficient (Wildman–Crippen LogP) is 3.33. The normalized spacial score (nSPS) is 12.3. The number of carbonyl (C=O) groups excluding carboxylic acids is 2. The van der Waals surface area contributed by atoms with E-state index < -0.39 is 0 Å². The maximum atomic E-state index is 12.8. The van der Waals surface area contributed by atoms with E-state index in [2.05, 4.69) is 10.3 Å². The van der Waals surface area contributed by atoms with Crippen LogP contribution in [0.4, 0.5) is 0 Å². The summed E-state index contributed by atoms with van der Waals surface area (Å²) in [5.41, 5.74) is 2.52. The van der Waals surface area contributed by atoms with Gasteiger partial charge in [0.2, 0.25) is 5.91 Å². The van der Waals surface area contributed by atoms with Gasteiger partial charge in [0.05, 0.1) is 18.6 Å². The number of Topliss-reactive ketones (excluding diaryl/α,β-unsaturated/α-hetero) is 1. The molecule has 0 fully saturated rings. The second-order valence-electron chi connectivity index (χ2n) is 6.34. The van der Waals surface area contributed by atoms with Crippen molar-refractivity contribution in [2.24, 2.45) is 0 Å². The number of fused-ring (bicyclic) bond motifs is 1. The molecule has 0 spiro atoms. The first-order chi connectivity index (χ1) is 12.6. The number of nitrogens with one attached hydrogen (secondary N) is 1. The summed E-state index contributed by atoms with van der Waals surface area (Å²) in [7, 11) is 0. The van der Waals surface area contributed by atoms with Gasteiger partial charge in [-0.3, -0.25) is 9.59 Å². The maximum Gasteiger partial charge on any atom is 0.243 e. The van der Waals surface area contributed by atoms with Crippen LogP contribution in [-0.4, -0.2) is 25.8 Å². The molecule has 26 heavy (non-hydrogen) atoms. The minimum Gasteiger partial charge on any atom is -0.349 e. The predicted molar refractivity (Wildman–Crippen MR) is 101 cm³/mol. The molecule has 3 rings (SSSR count). The first kappa shape index (κ1) is 17.9. The first-order valence-corrected chi connectivity index (χ1v) is 8.94. The highest BCUT2D eigenvalue weighted by Gasteiger charge is 2.22. The van der Waals surface area contributed by atoms with Crippen molar-refractivity contribution < 1.29 is 9.59 Å². The third-order valence-corrected chi connectivity index (χ3v) is 4.73. The van der Waals surface area contributed by atoms with Crippen molar-refractivity contribution in [1.29, 1.82) is 0 Å². The number of imidazole rings is 1. The fraction of sp³-hybridized carbons (Fsp3) is 0.350. The lowest BCUT2D eigenvalue weighted by Crippen LogP contribution is -2.32. The molecule has 6 heteroatoms. The molecule has 0 saturated carbocycles. The highest BCUT2D eigenvalue weighted by atomic mass is 16.2. The van der Waals surface area contributed by atoms with E-state index in [0.29, 0.717) is 18.5 Å². The Morgan fingerprint density at radius 1 is 1.23 bits per heavy atom. The van der Waals surface area contributed by atoms with Crippen molar-refractivity contribution >= 4 is 22.6 Å². The number of hydrogen-bond donors (Lipinski definition) is 1. The third-order valence-electron chi connectivity index (χ3n) is 4.73. The Bertz CT molecular complexity index is 938. The fourth-order valence-corrected chi connectivity index (χ4v) is 3.33. The summed E-state index contributed by atoms with van der Waals surface area (Å²) in [5.74, 6) is -0.0609. The van der Waals surface area contributed by atoms with Crippen LogP contribution in [-0.2, 0) is 17.9 Å². The monoisotopic (exact) mass is 352 g/mol. The van der Waals surface area contributed by atoms with Crippen LogP contribution in [0, 0.1) is 0 Å². The Morgan fingerprint density at radius 3 is 2.69 bits per heavy atom. The number of benzene rings is 1. The molecule has 1 aromatic carbocycles. The van der Waals surface area contributed by atoms with Crippen molar-refractivity contribution in [3.8, 4) is 0 Å². The zero-order valence-corrected chi connectivity index (χ0v) is 15.4. The van der Waals surface area contributed by atoms with Gasteiger partial charge in [-0.2, -0.15) is 0 Å². The van der Waals surface area contributed by atoms with Gasteiger partial charge in [0, 0.05) is 35.4 Å². The molecule has 0 aliphatic heterocycles. The zero-order valence-electron chi connectivity index (χ0n) is 15.4. The Balaban J connectivity index is 1.88. The van der Waals surface area contributed by atoms with E-state index in [4.69, 9.17) is 0 Å². The van der Waals surface area contributed by atoms with Crippen molar-refractivity contribution in [3.63, 3.8) is 0 Å². The molecule has 1 amide bonds. The van der Waals surface area contributed by atoms with Crippen LogP contribution in [0.25, 0.3) is 10.9 Å². The average Bonchev–Trinajstić information content (AvgIpc) is 3.25. The van der Waals surface area contributed by atoms with Gasteiger partial charge in [-0.15, -0.1) is 0 Å². The van der Waals surface area contributed by atoms with Gasteiger partial charge in [-0.05, 0) is 26.3 Å². The summed E-state index contributed by atoms with van der Waals surface area (Å²) in [4.78, 5) is 29.0. The smallest absolute Gasteiger partial charge is 0.243 e. The highest BCUT2D eigenvalue weighted by molar-refractivity contribution is 6.07. The molecular formula is C20H24N4O2. The summed E-state index contributed by atoms with van der Waals surface area (Å²) < 4.78 is 3.92. The Labute approximate surface area is 152 Å². The quantitative estimate of drug-likeness (QED) is 0.663. The van der Waals surface area contributed by atoms with Gasteiger partial charge in [-0.1, -0.05) is 25.1 Å².